The van der Waals surface area contributed by atoms with Crippen molar-refractivity contribution in [1.82, 2.24) is 4.90 Å². The number of carbonyl (C=O) groups is 1. The molecule has 32 heavy (non-hydrogen) atoms. The van der Waals surface area contributed by atoms with Gasteiger partial charge in [0.1, 0.15) is 0 Å². The van der Waals surface area contributed by atoms with E-state index in [1.807, 2.05) is 4.90 Å². The number of hydrogen-bond donors (Lipinski definition) is 0. The molecule has 2 heterocycles. The number of carbonyl (C=O) groups excluding carboxylic acids is 1. The maximum atomic E-state index is 13.0. The molecule has 0 saturated carbocycles. The summed E-state index contributed by atoms with van der Waals surface area (Å²) in [7, 11) is -2.65. The van der Waals surface area contributed by atoms with Crippen LogP contribution in [-0.4, -0.2) is 50.0 Å². The van der Waals surface area contributed by atoms with Gasteiger partial charge in [-0.1, -0.05) is 81.4 Å². The minimum Gasteiger partial charge on any atom is -0.407 e. The molecule has 0 radical (unpaired) electrons. The Morgan fingerprint density at radius 3 is 1.91 bits per heavy atom. The number of fused-ring (bicyclic) bond motifs is 1. The number of hydrogen-bond acceptors (Lipinski definition) is 3. The fourth-order valence-corrected chi connectivity index (χ4v) is 10.1. The van der Waals surface area contributed by atoms with Crippen molar-refractivity contribution < 1.29 is 14.0 Å². The highest BCUT2D eigenvalue weighted by Crippen LogP contribution is 2.42. The molecule has 2 aliphatic heterocycles. The summed E-state index contributed by atoms with van der Waals surface area (Å²) in [4.78, 5) is 15.0. The second-order valence-corrected chi connectivity index (χ2v) is 15.5. The van der Waals surface area contributed by atoms with E-state index in [4.69, 9.17) is 9.16 Å². The van der Waals surface area contributed by atoms with Gasteiger partial charge in [-0.3, -0.25) is 4.79 Å². The van der Waals surface area contributed by atoms with Crippen molar-refractivity contribution in [3.05, 3.63) is 60.7 Å². The first-order valence-corrected chi connectivity index (χ1v) is 13.7. The fourth-order valence-electron chi connectivity index (χ4n) is 5.53. The van der Waals surface area contributed by atoms with E-state index < -0.39 is 8.32 Å². The molecular weight excluding hydrogens is 414 g/mol. The predicted molar refractivity (Wildman–Crippen MR) is 132 cm³/mol. The molecule has 2 aromatic rings. The van der Waals surface area contributed by atoms with Gasteiger partial charge < -0.3 is 14.1 Å². The molecule has 2 aliphatic rings. The van der Waals surface area contributed by atoms with E-state index in [1.54, 1.807) is 0 Å². The number of ether oxygens (including phenoxy) is 1. The lowest BCUT2D eigenvalue weighted by Crippen LogP contribution is -2.69. The van der Waals surface area contributed by atoms with Crippen molar-refractivity contribution in [2.75, 3.05) is 13.2 Å². The van der Waals surface area contributed by atoms with Crippen LogP contribution in [0, 0.1) is 5.92 Å². The van der Waals surface area contributed by atoms with Crippen LogP contribution in [0.15, 0.2) is 60.7 Å². The third-order valence-corrected chi connectivity index (χ3v) is 11.8. The van der Waals surface area contributed by atoms with Crippen molar-refractivity contribution in [2.45, 2.75) is 70.7 Å². The maximum absolute atomic E-state index is 13.0. The third-order valence-electron chi connectivity index (χ3n) is 6.81. The average molecular weight is 452 g/mol. The zero-order valence-electron chi connectivity index (χ0n) is 20.3. The summed E-state index contributed by atoms with van der Waals surface area (Å²) < 4.78 is 13.4. The van der Waals surface area contributed by atoms with Gasteiger partial charge in [-0.15, -0.1) is 0 Å². The molecular formula is C27H37NO3Si. The first-order valence-electron chi connectivity index (χ1n) is 11.8. The van der Waals surface area contributed by atoms with Crippen LogP contribution in [0.25, 0.3) is 0 Å². The van der Waals surface area contributed by atoms with Crippen LogP contribution in [-0.2, 0) is 14.0 Å². The van der Waals surface area contributed by atoms with E-state index in [1.165, 1.54) is 10.4 Å². The van der Waals surface area contributed by atoms with Crippen LogP contribution in [0.3, 0.4) is 0 Å². The highest BCUT2D eigenvalue weighted by atomic mass is 28.4. The monoisotopic (exact) mass is 451 g/mol. The molecule has 5 heteroatoms. The van der Waals surface area contributed by atoms with Gasteiger partial charge in [0.05, 0.1) is 23.7 Å². The van der Waals surface area contributed by atoms with E-state index in [-0.39, 0.29) is 34.6 Å². The largest absolute Gasteiger partial charge is 0.407 e. The molecule has 1 amide bonds. The molecule has 172 valence electrons. The number of nitrogens with zero attached hydrogens (tertiary/aromatic N) is 1. The fraction of sp³-hybridized carbons (Fsp3) is 0.519. The molecule has 0 unspecified atom stereocenters. The van der Waals surface area contributed by atoms with Gasteiger partial charge in [-0.05, 0) is 42.6 Å². The van der Waals surface area contributed by atoms with E-state index in [0.717, 1.165) is 13.0 Å². The summed E-state index contributed by atoms with van der Waals surface area (Å²) in [6.45, 7) is 14.3. The van der Waals surface area contributed by atoms with Crippen LogP contribution in [0.2, 0.25) is 5.04 Å². The molecule has 2 aromatic carbocycles. The Bertz CT molecular complexity index is 893. The van der Waals surface area contributed by atoms with Gasteiger partial charge in [0.25, 0.3) is 8.32 Å². The first kappa shape index (κ1) is 23.2. The molecule has 2 fully saturated rings. The number of β-lactam (4-membered cyclic amide) rings is 1. The van der Waals surface area contributed by atoms with Crippen molar-refractivity contribution >= 4 is 24.6 Å². The minimum atomic E-state index is -2.65. The van der Waals surface area contributed by atoms with Gasteiger partial charge >= 0.3 is 0 Å². The third kappa shape index (κ3) is 4.06. The molecule has 0 N–H and O–H groups in total. The molecule has 2 saturated heterocycles. The Labute approximate surface area is 194 Å². The highest BCUT2D eigenvalue weighted by molar-refractivity contribution is 6.99. The van der Waals surface area contributed by atoms with Gasteiger partial charge in [-0.2, -0.15) is 0 Å². The van der Waals surface area contributed by atoms with E-state index in [0.29, 0.717) is 6.61 Å². The Morgan fingerprint density at radius 2 is 1.44 bits per heavy atom. The Kier molecular flexibility index (Phi) is 6.12. The van der Waals surface area contributed by atoms with Crippen LogP contribution in [0.4, 0.5) is 0 Å². The zero-order valence-corrected chi connectivity index (χ0v) is 21.3. The Morgan fingerprint density at radius 1 is 0.906 bits per heavy atom. The lowest BCUT2D eigenvalue weighted by molar-refractivity contribution is -0.166. The number of amides is 1. The molecule has 3 atom stereocenters. The maximum Gasteiger partial charge on any atom is 0.261 e. The molecule has 4 nitrogen and oxygen atoms in total. The second kappa shape index (κ2) is 8.43. The van der Waals surface area contributed by atoms with Gasteiger partial charge in [0.2, 0.25) is 5.91 Å². The Balaban J connectivity index is 1.66. The van der Waals surface area contributed by atoms with E-state index in [2.05, 4.69) is 102 Å². The summed E-state index contributed by atoms with van der Waals surface area (Å²) in [5.74, 6) is 0.0828. The quantitative estimate of drug-likeness (QED) is 0.493. The summed E-state index contributed by atoms with van der Waals surface area (Å²) in [5.41, 5.74) is -0.220. The lowest BCUT2D eigenvalue weighted by atomic mass is 9.87. The molecule has 4 rings (SSSR count). The molecule has 0 spiro atoms. The Hall–Kier alpha value is -1.95. The summed E-state index contributed by atoms with van der Waals surface area (Å²) in [6, 6.07) is 21.4. The molecule has 0 bridgehead atoms. The SMILES string of the molecule is CC(C)(C)O[C@H]1CCN2C(=O)[C@H](CO[Si](c3ccccc3)(c3ccccc3)C(C)(C)C)[C@H]12. The average Bonchev–Trinajstić information content (AvgIpc) is 3.08. The molecule has 0 aromatic heterocycles. The van der Waals surface area contributed by atoms with Crippen molar-refractivity contribution in [2.24, 2.45) is 5.92 Å². The van der Waals surface area contributed by atoms with Crippen molar-refractivity contribution in [3.8, 4) is 0 Å². The van der Waals surface area contributed by atoms with Gasteiger partial charge in [0.15, 0.2) is 0 Å². The zero-order chi connectivity index (χ0) is 23.1. The van der Waals surface area contributed by atoms with E-state index in [9.17, 15) is 4.79 Å². The summed E-state index contributed by atoms with van der Waals surface area (Å²) in [5, 5.41) is 2.40. The van der Waals surface area contributed by atoms with Crippen LogP contribution >= 0.6 is 0 Å². The standard InChI is InChI=1S/C27H37NO3Si/c1-26(2,3)31-23-17-18-28-24(23)22(25(28)29)19-30-32(27(4,5)6,20-13-9-7-10-14-20)21-15-11-8-12-16-21/h7-16,22-24H,17-19H2,1-6H3/t22-,23+,24-/m1/s1. The van der Waals surface area contributed by atoms with Crippen molar-refractivity contribution in [1.29, 1.82) is 0 Å². The van der Waals surface area contributed by atoms with E-state index >= 15 is 0 Å². The number of benzene rings is 2. The number of rotatable bonds is 6. The molecule has 0 aliphatic carbocycles. The van der Waals surface area contributed by atoms with Crippen LogP contribution in [0.5, 0.6) is 0 Å². The highest BCUT2D eigenvalue weighted by Gasteiger charge is 2.58. The van der Waals surface area contributed by atoms with Gasteiger partial charge in [0, 0.05) is 13.2 Å². The van der Waals surface area contributed by atoms with Gasteiger partial charge in [-0.25, -0.2) is 0 Å². The normalized spacial score (nSPS) is 23.8. The van der Waals surface area contributed by atoms with Crippen molar-refractivity contribution in [3.63, 3.8) is 0 Å². The van der Waals surface area contributed by atoms with Crippen LogP contribution < -0.4 is 10.4 Å². The topological polar surface area (TPSA) is 38.8 Å². The smallest absolute Gasteiger partial charge is 0.261 e. The summed E-state index contributed by atoms with van der Waals surface area (Å²) >= 11 is 0. The first-order chi connectivity index (χ1) is 15.0. The second-order valence-electron chi connectivity index (χ2n) is 11.2. The predicted octanol–water partition coefficient (Wildman–Crippen LogP) is 3.98. The van der Waals surface area contributed by atoms with Crippen LogP contribution in [0.1, 0.15) is 48.0 Å². The lowest BCUT2D eigenvalue weighted by Gasteiger charge is -2.48. The summed E-state index contributed by atoms with van der Waals surface area (Å²) in [6.07, 6.45) is 0.990. The minimum absolute atomic E-state index is 0.0838.